The lowest BCUT2D eigenvalue weighted by Crippen LogP contribution is -2.36. The molecular formula is C17H21N7O. The number of pyridine rings is 2. The Morgan fingerprint density at radius 3 is 2.80 bits per heavy atom. The number of urea groups is 1. The number of fused-ring (bicyclic) bond motifs is 1. The highest BCUT2D eigenvalue weighted by Gasteiger charge is 2.17. The number of hydrazine groups is 1. The topological polar surface area (TPSA) is 129 Å². The van der Waals surface area contributed by atoms with Crippen molar-refractivity contribution in [3.8, 4) is 0 Å². The Bertz CT molecular complexity index is 812. The number of anilines is 1. The highest BCUT2D eigenvalue weighted by molar-refractivity contribution is 6.08. The highest BCUT2D eigenvalue weighted by Crippen LogP contribution is 2.19. The van der Waals surface area contributed by atoms with Crippen LogP contribution < -0.4 is 21.9 Å². The third-order valence-corrected chi connectivity index (χ3v) is 4.20. The predicted octanol–water partition coefficient (Wildman–Crippen LogP) is 2.15. The molecule has 3 rings (SSSR count). The first-order valence-corrected chi connectivity index (χ1v) is 8.21. The van der Waals surface area contributed by atoms with Crippen LogP contribution in [0.15, 0.2) is 30.6 Å². The Morgan fingerprint density at radius 2 is 2.08 bits per heavy atom. The van der Waals surface area contributed by atoms with Crippen LogP contribution in [-0.4, -0.2) is 28.3 Å². The Morgan fingerprint density at radius 1 is 1.28 bits per heavy atom. The van der Waals surface area contributed by atoms with Crippen LogP contribution in [0.4, 0.5) is 10.6 Å². The number of carbonyl (C=O) groups excluding carboxylic acids is 1. The van der Waals surface area contributed by atoms with Gasteiger partial charge in [-0.1, -0.05) is 12.8 Å². The number of nitrogens with one attached hydrogen (secondary N) is 4. The fourth-order valence-corrected chi connectivity index (χ4v) is 2.94. The minimum atomic E-state index is -0.240. The molecule has 130 valence electrons. The van der Waals surface area contributed by atoms with E-state index in [2.05, 4.69) is 26.0 Å². The Kier molecular flexibility index (Phi) is 5.20. The maximum Gasteiger partial charge on any atom is 0.320 e. The van der Waals surface area contributed by atoms with Crippen molar-refractivity contribution in [2.24, 2.45) is 5.84 Å². The molecule has 0 spiro atoms. The fraction of sp³-hybridized carbons (Fsp3) is 0.294. The van der Waals surface area contributed by atoms with Crippen molar-refractivity contribution in [1.82, 2.24) is 20.7 Å². The molecule has 1 aliphatic rings. The number of carbonyl (C=O) groups is 1. The van der Waals surface area contributed by atoms with Gasteiger partial charge >= 0.3 is 6.03 Å². The summed E-state index contributed by atoms with van der Waals surface area (Å²) in [7, 11) is 0. The molecule has 1 aliphatic carbocycles. The van der Waals surface area contributed by atoms with Gasteiger partial charge in [-0.25, -0.2) is 9.78 Å². The van der Waals surface area contributed by atoms with Crippen molar-refractivity contribution in [3.63, 3.8) is 0 Å². The quantitative estimate of drug-likeness (QED) is 0.324. The normalized spacial score (nSPS) is 15.2. The molecule has 0 radical (unpaired) electrons. The number of hydrogen-bond acceptors (Lipinski definition) is 6. The molecule has 0 aromatic carbocycles. The van der Waals surface area contributed by atoms with Crippen LogP contribution in [0.1, 0.15) is 31.2 Å². The molecule has 1 saturated carbocycles. The van der Waals surface area contributed by atoms with Gasteiger partial charge in [0.15, 0.2) is 0 Å². The zero-order valence-electron chi connectivity index (χ0n) is 13.7. The zero-order chi connectivity index (χ0) is 17.6. The van der Waals surface area contributed by atoms with Gasteiger partial charge in [0, 0.05) is 35.8 Å². The van der Waals surface area contributed by atoms with Gasteiger partial charge in [0.2, 0.25) is 0 Å². The van der Waals surface area contributed by atoms with Crippen LogP contribution in [0, 0.1) is 5.41 Å². The summed E-state index contributed by atoms with van der Waals surface area (Å²) >= 11 is 0. The first-order valence-electron chi connectivity index (χ1n) is 8.21. The SMILES string of the molecule is N=C/C(=C\NN)c1cnc2ccc(NC(=O)NC3CCCC3)nc2c1. The van der Waals surface area contributed by atoms with Gasteiger partial charge in [-0.05, 0) is 31.0 Å². The van der Waals surface area contributed by atoms with E-state index >= 15 is 0 Å². The lowest BCUT2D eigenvalue weighted by Gasteiger charge is -2.12. The lowest BCUT2D eigenvalue weighted by atomic mass is 10.1. The largest absolute Gasteiger partial charge is 0.335 e. The van der Waals surface area contributed by atoms with E-state index in [0.29, 0.717) is 28.0 Å². The second-order valence-electron chi connectivity index (χ2n) is 5.95. The van der Waals surface area contributed by atoms with E-state index in [1.54, 1.807) is 24.4 Å². The smallest absolute Gasteiger partial charge is 0.320 e. The maximum atomic E-state index is 12.1. The van der Waals surface area contributed by atoms with Gasteiger partial charge in [0.25, 0.3) is 0 Å². The maximum absolute atomic E-state index is 12.1. The number of rotatable bonds is 5. The summed E-state index contributed by atoms with van der Waals surface area (Å²) in [6.45, 7) is 0. The first kappa shape index (κ1) is 16.8. The average Bonchev–Trinajstić information content (AvgIpc) is 3.11. The molecule has 0 unspecified atom stereocenters. The molecule has 6 N–H and O–H groups in total. The zero-order valence-corrected chi connectivity index (χ0v) is 13.7. The summed E-state index contributed by atoms with van der Waals surface area (Å²) in [5.74, 6) is 5.74. The summed E-state index contributed by atoms with van der Waals surface area (Å²) < 4.78 is 0. The van der Waals surface area contributed by atoms with Crippen molar-refractivity contribution in [3.05, 3.63) is 36.2 Å². The summed E-state index contributed by atoms with van der Waals surface area (Å²) in [4.78, 5) is 20.8. The Labute approximate surface area is 145 Å². The Hall–Kier alpha value is -3.00. The molecule has 2 aromatic rings. The molecule has 0 atom stereocenters. The monoisotopic (exact) mass is 339 g/mol. The summed E-state index contributed by atoms with van der Waals surface area (Å²) in [5, 5.41) is 13.2. The summed E-state index contributed by atoms with van der Waals surface area (Å²) in [5.41, 5.74) is 5.03. The minimum Gasteiger partial charge on any atom is -0.335 e. The van der Waals surface area contributed by atoms with E-state index in [9.17, 15) is 4.79 Å². The van der Waals surface area contributed by atoms with Crippen molar-refractivity contribution >= 4 is 34.7 Å². The van der Waals surface area contributed by atoms with E-state index in [-0.39, 0.29) is 12.1 Å². The van der Waals surface area contributed by atoms with Crippen LogP contribution >= 0.6 is 0 Å². The molecule has 0 saturated heterocycles. The van der Waals surface area contributed by atoms with E-state index in [1.807, 2.05) is 0 Å². The predicted molar refractivity (Wildman–Crippen MR) is 98.0 cm³/mol. The number of aromatic nitrogens is 2. The van der Waals surface area contributed by atoms with E-state index in [1.165, 1.54) is 12.4 Å². The standard InChI is InChI=1S/C17H21N7O/c18-8-12(10-21-19)11-7-15-14(20-9-11)5-6-16(23-15)24-17(25)22-13-3-1-2-4-13/h5-10,13,18,21H,1-4,19H2,(H2,22,23,24,25)/b12-10+,18-8?. The molecule has 1 fully saturated rings. The molecule has 2 aromatic heterocycles. The molecule has 0 bridgehead atoms. The van der Waals surface area contributed by atoms with Crippen molar-refractivity contribution in [2.45, 2.75) is 31.7 Å². The number of allylic oxidation sites excluding steroid dienone is 1. The minimum absolute atomic E-state index is 0.240. The first-order chi connectivity index (χ1) is 12.2. The fourth-order valence-electron chi connectivity index (χ4n) is 2.94. The Balaban J connectivity index is 1.79. The van der Waals surface area contributed by atoms with Crippen LogP contribution in [0.2, 0.25) is 0 Å². The number of hydrogen-bond donors (Lipinski definition) is 5. The van der Waals surface area contributed by atoms with Crippen LogP contribution in [0.3, 0.4) is 0 Å². The number of nitrogens with zero attached hydrogens (tertiary/aromatic N) is 2. The van der Waals surface area contributed by atoms with E-state index < -0.39 is 0 Å². The molecule has 0 aliphatic heterocycles. The molecule has 2 amide bonds. The van der Waals surface area contributed by atoms with Gasteiger partial charge < -0.3 is 16.2 Å². The number of amides is 2. The van der Waals surface area contributed by atoms with Gasteiger partial charge in [-0.2, -0.15) is 0 Å². The molecular weight excluding hydrogens is 318 g/mol. The van der Waals surface area contributed by atoms with Gasteiger partial charge in [-0.3, -0.25) is 16.1 Å². The second-order valence-corrected chi connectivity index (χ2v) is 5.95. The van der Waals surface area contributed by atoms with Crippen LogP contribution in [0.25, 0.3) is 16.6 Å². The van der Waals surface area contributed by atoms with Crippen molar-refractivity contribution in [2.75, 3.05) is 5.32 Å². The van der Waals surface area contributed by atoms with Gasteiger partial charge in [0.05, 0.1) is 11.0 Å². The third kappa shape index (κ3) is 4.10. The van der Waals surface area contributed by atoms with E-state index in [4.69, 9.17) is 11.3 Å². The second kappa shape index (κ2) is 7.71. The van der Waals surface area contributed by atoms with Crippen LogP contribution in [-0.2, 0) is 0 Å². The molecule has 2 heterocycles. The molecule has 25 heavy (non-hydrogen) atoms. The number of nitrogens with two attached hydrogens (primary N) is 1. The van der Waals surface area contributed by atoms with Crippen molar-refractivity contribution in [1.29, 1.82) is 5.41 Å². The summed E-state index contributed by atoms with van der Waals surface area (Å²) in [6, 6.07) is 5.33. The lowest BCUT2D eigenvalue weighted by molar-refractivity contribution is 0.248. The van der Waals surface area contributed by atoms with Gasteiger partial charge in [0.1, 0.15) is 5.82 Å². The van der Waals surface area contributed by atoms with E-state index in [0.717, 1.165) is 25.7 Å². The summed E-state index contributed by atoms with van der Waals surface area (Å²) in [6.07, 6.45) is 8.72. The molecule has 8 heteroatoms. The third-order valence-electron chi connectivity index (χ3n) is 4.20. The average molecular weight is 339 g/mol. The highest BCUT2D eigenvalue weighted by atomic mass is 16.2. The van der Waals surface area contributed by atoms with Crippen molar-refractivity contribution < 1.29 is 4.79 Å². The molecule has 8 nitrogen and oxygen atoms in total. The van der Waals surface area contributed by atoms with Crippen LogP contribution in [0.5, 0.6) is 0 Å². The van der Waals surface area contributed by atoms with Gasteiger partial charge in [-0.15, -0.1) is 0 Å².